The number of likely N-dealkylation sites (tertiary alicyclic amines) is 1. The summed E-state index contributed by atoms with van der Waals surface area (Å²) in [6.07, 6.45) is 0.246. The number of fused-ring (bicyclic) bond motifs is 1. The summed E-state index contributed by atoms with van der Waals surface area (Å²) in [5, 5.41) is 0. The molecule has 2 heterocycles. The molecule has 6 heteroatoms. The number of nitrogens with zero attached hydrogens (tertiary/aromatic N) is 2. The summed E-state index contributed by atoms with van der Waals surface area (Å²) >= 11 is 0. The van der Waals surface area contributed by atoms with Crippen LogP contribution in [0.25, 0.3) is 0 Å². The molecule has 0 bridgehead atoms. The standard InChI is InChI=1S/C17H20N2O4/c1-17(2,3)23-16(22)18-10-6-9-13(18)19-14(20)11-7-4-5-8-12(11)15(19)21/h4-5,7-8,13H,6,9-10H2,1-3H3. The zero-order valence-corrected chi connectivity index (χ0v) is 13.5. The van der Waals surface area contributed by atoms with Gasteiger partial charge in [0.25, 0.3) is 11.8 Å². The van der Waals surface area contributed by atoms with Crippen LogP contribution < -0.4 is 0 Å². The first-order valence-corrected chi connectivity index (χ1v) is 7.76. The molecule has 0 saturated carbocycles. The maximum atomic E-state index is 12.6. The summed E-state index contributed by atoms with van der Waals surface area (Å²) in [4.78, 5) is 40.2. The third kappa shape index (κ3) is 2.69. The van der Waals surface area contributed by atoms with Gasteiger partial charge >= 0.3 is 6.09 Å². The van der Waals surface area contributed by atoms with Gasteiger partial charge in [0.1, 0.15) is 11.8 Å². The molecule has 6 nitrogen and oxygen atoms in total. The van der Waals surface area contributed by atoms with E-state index in [1.54, 1.807) is 45.0 Å². The number of hydrogen-bond acceptors (Lipinski definition) is 4. The molecule has 0 aromatic heterocycles. The average Bonchev–Trinajstić information content (AvgIpc) is 3.02. The Labute approximate surface area is 135 Å². The molecule has 1 saturated heterocycles. The van der Waals surface area contributed by atoms with E-state index in [4.69, 9.17) is 4.74 Å². The molecule has 3 amide bonds. The fraction of sp³-hybridized carbons (Fsp3) is 0.471. The van der Waals surface area contributed by atoms with Gasteiger partial charge in [-0.05, 0) is 45.7 Å². The molecule has 0 aliphatic carbocycles. The monoisotopic (exact) mass is 316 g/mol. The molecular formula is C17H20N2O4. The van der Waals surface area contributed by atoms with Crippen molar-refractivity contribution in [2.75, 3.05) is 6.54 Å². The van der Waals surface area contributed by atoms with Crippen LogP contribution in [0.5, 0.6) is 0 Å². The second-order valence-corrected chi connectivity index (χ2v) is 6.82. The minimum Gasteiger partial charge on any atom is -0.444 e. The van der Waals surface area contributed by atoms with Crippen LogP contribution in [0.1, 0.15) is 54.3 Å². The first kappa shape index (κ1) is 15.5. The van der Waals surface area contributed by atoms with Gasteiger partial charge in [-0.2, -0.15) is 0 Å². The van der Waals surface area contributed by atoms with E-state index in [0.29, 0.717) is 24.1 Å². The van der Waals surface area contributed by atoms with E-state index in [1.807, 2.05) is 0 Å². The van der Waals surface area contributed by atoms with Crippen molar-refractivity contribution < 1.29 is 19.1 Å². The van der Waals surface area contributed by atoms with Gasteiger partial charge in [0.2, 0.25) is 0 Å². The SMILES string of the molecule is CC(C)(C)OC(=O)N1CCCC1N1C(=O)c2ccccc2C1=O. The zero-order chi connectivity index (χ0) is 16.8. The Balaban J connectivity index is 1.86. The molecule has 3 rings (SSSR count). The molecule has 0 spiro atoms. The van der Waals surface area contributed by atoms with Crippen LogP contribution in [-0.4, -0.2) is 46.0 Å². The van der Waals surface area contributed by atoms with Crippen LogP contribution >= 0.6 is 0 Å². The lowest BCUT2D eigenvalue weighted by Crippen LogP contribution is -2.50. The van der Waals surface area contributed by atoms with E-state index in [2.05, 4.69) is 0 Å². The number of imide groups is 1. The van der Waals surface area contributed by atoms with Crippen LogP contribution in [0.4, 0.5) is 4.79 Å². The molecule has 1 atom stereocenters. The normalized spacial score (nSPS) is 20.9. The van der Waals surface area contributed by atoms with Gasteiger partial charge in [-0.15, -0.1) is 0 Å². The van der Waals surface area contributed by atoms with Crippen LogP contribution in [0.2, 0.25) is 0 Å². The topological polar surface area (TPSA) is 66.9 Å². The molecule has 1 fully saturated rings. The van der Waals surface area contributed by atoms with Crippen molar-refractivity contribution in [3.63, 3.8) is 0 Å². The van der Waals surface area contributed by atoms with Crippen molar-refractivity contribution in [3.05, 3.63) is 35.4 Å². The van der Waals surface area contributed by atoms with Crippen molar-refractivity contribution in [1.82, 2.24) is 9.80 Å². The van der Waals surface area contributed by atoms with Gasteiger partial charge in [0.05, 0.1) is 11.1 Å². The van der Waals surface area contributed by atoms with Gasteiger partial charge in [0.15, 0.2) is 0 Å². The van der Waals surface area contributed by atoms with Gasteiger partial charge < -0.3 is 4.74 Å². The van der Waals surface area contributed by atoms with E-state index in [0.717, 1.165) is 6.42 Å². The number of ether oxygens (including phenoxy) is 1. The summed E-state index contributed by atoms with van der Waals surface area (Å²) in [6.45, 7) is 5.85. The second kappa shape index (κ2) is 5.37. The highest BCUT2D eigenvalue weighted by Gasteiger charge is 2.45. The smallest absolute Gasteiger partial charge is 0.411 e. The molecule has 2 aliphatic rings. The molecule has 0 radical (unpaired) electrons. The van der Waals surface area contributed by atoms with E-state index in [1.165, 1.54) is 9.80 Å². The van der Waals surface area contributed by atoms with Crippen molar-refractivity contribution in [1.29, 1.82) is 0 Å². The van der Waals surface area contributed by atoms with Crippen LogP contribution in [0, 0.1) is 0 Å². The number of rotatable bonds is 1. The van der Waals surface area contributed by atoms with E-state index < -0.39 is 17.9 Å². The Morgan fingerprint density at radius 3 is 2.22 bits per heavy atom. The predicted octanol–water partition coefficient (Wildman–Crippen LogP) is 2.64. The number of carbonyl (C=O) groups excluding carboxylic acids is 3. The third-order valence-corrected chi connectivity index (χ3v) is 3.97. The Morgan fingerprint density at radius 2 is 1.70 bits per heavy atom. The Bertz CT molecular complexity index is 642. The number of hydrogen-bond donors (Lipinski definition) is 0. The Morgan fingerprint density at radius 1 is 1.13 bits per heavy atom. The molecule has 122 valence electrons. The lowest BCUT2D eigenvalue weighted by atomic mass is 10.1. The summed E-state index contributed by atoms with van der Waals surface area (Å²) in [6, 6.07) is 6.74. The molecule has 1 unspecified atom stereocenters. The Hall–Kier alpha value is -2.37. The third-order valence-electron chi connectivity index (χ3n) is 3.97. The minimum atomic E-state index is -0.619. The van der Waals surface area contributed by atoms with E-state index in [9.17, 15) is 14.4 Å². The lowest BCUT2D eigenvalue weighted by Gasteiger charge is -2.32. The summed E-state index contributed by atoms with van der Waals surface area (Å²) in [5.41, 5.74) is 0.175. The fourth-order valence-corrected chi connectivity index (χ4v) is 3.03. The van der Waals surface area contributed by atoms with Crippen molar-refractivity contribution in [2.45, 2.75) is 45.4 Å². The fourth-order valence-electron chi connectivity index (χ4n) is 3.03. The van der Waals surface area contributed by atoms with Crippen LogP contribution in [0.3, 0.4) is 0 Å². The predicted molar refractivity (Wildman–Crippen MR) is 82.9 cm³/mol. The Kier molecular flexibility index (Phi) is 3.62. The maximum Gasteiger partial charge on any atom is 0.411 e. The van der Waals surface area contributed by atoms with Crippen molar-refractivity contribution in [3.8, 4) is 0 Å². The summed E-state index contributed by atoms with van der Waals surface area (Å²) < 4.78 is 5.40. The highest BCUT2D eigenvalue weighted by Crippen LogP contribution is 2.31. The molecule has 0 N–H and O–H groups in total. The molecular weight excluding hydrogens is 296 g/mol. The first-order chi connectivity index (χ1) is 10.8. The molecule has 1 aromatic carbocycles. The average molecular weight is 316 g/mol. The molecule has 2 aliphatic heterocycles. The highest BCUT2D eigenvalue weighted by atomic mass is 16.6. The van der Waals surface area contributed by atoms with Crippen molar-refractivity contribution >= 4 is 17.9 Å². The van der Waals surface area contributed by atoms with Gasteiger partial charge in [-0.1, -0.05) is 12.1 Å². The number of carbonyl (C=O) groups is 3. The van der Waals surface area contributed by atoms with Gasteiger partial charge in [-0.3, -0.25) is 19.4 Å². The highest BCUT2D eigenvalue weighted by molar-refractivity contribution is 6.21. The van der Waals surface area contributed by atoms with E-state index >= 15 is 0 Å². The summed E-state index contributed by atoms with van der Waals surface area (Å²) in [7, 11) is 0. The van der Waals surface area contributed by atoms with Gasteiger partial charge in [0, 0.05) is 6.54 Å². The minimum absolute atomic E-state index is 0.342. The van der Waals surface area contributed by atoms with Crippen LogP contribution in [0.15, 0.2) is 24.3 Å². The maximum absolute atomic E-state index is 12.6. The summed E-state index contributed by atoms with van der Waals surface area (Å²) in [5.74, 6) is -0.683. The number of amides is 3. The molecule has 1 aromatic rings. The van der Waals surface area contributed by atoms with Crippen molar-refractivity contribution in [2.24, 2.45) is 0 Å². The lowest BCUT2D eigenvalue weighted by molar-refractivity contribution is 0.00581. The quantitative estimate of drug-likeness (QED) is 0.747. The van der Waals surface area contributed by atoms with Crippen LogP contribution in [-0.2, 0) is 4.74 Å². The van der Waals surface area contributed by atoms with E-state index in [-0.39, 0.29) is 11.8 Å². The number of benzene rings is 1. The second-order valence-electron chi connectivity index (χ2n) is 6.82. The molecule has 23 heavy (non-hydrogen) atoms. The first-order valence-electron chi connectivity index (χ1n) is 7.76. The zero-order valence-electron chi connectivity index (χ0n) is 13.5. The largest absolute Gasteiger partial charge is 0.444 e. The van der Waals surface area contributed by atoms with Gasteiger partial charge in [-0.25, -0.2) is 4.79 Å².